The Bertz CT molecular complexity index is 787. The van der Waals surface area contributed by atoms with Crippen molar-refractivity contribution >= 4 is 0 Å². The second kappa shape index (κ2) is 8.27. The third-order valence-corrected chi connectivity index (χ3v) is 5.08. The Morgan fingerprint density at radius 2 is 1.46 bits per heavy atom. The SMILES string of the molecule is C=CCc1cc(C(C)CC(C)(C)c2ccc(O)c(CC=C)c2)ccc1O. The van der Waals surface area contributed by atoms with Crippen molar-refractivity contribution in [2.45, 2.75) is 51.4 Å². The van der Waals surface area contributed by atoms with Crippen LogP contribution in [-0.4, -0.2) is 10.2 Å². The summed E-state index contributed by atoms with van der Waals surface area (Å²) in [5.41, 5.74) is 4.22. The summed E-state index contributed by atoms with van der Waals surface area (Å²) in [5, 5.41) is 20.0. The first-order chi connectivity index (χ1) is 12.3. The molecule has 2 rings (SSSR count). The van der Waals surface area contributed by atoms with Crippen molar-refractivity contribution in [1.82, 2.24) is 0 Å². The van der Waals surface area contributed by atoms with Crippen LogP contribution in [0, 0.1) is 0 Å². The van der Waals surface area contributed by atoms with Gasteiger partial charge < -0.3 is 10.2 Å². The van der Waals surface area contributed by atoms with Gasteiger partial charge in [0.2, 0.25) is 0 Å². The smallest absolute Gasteiger partial charge is 0.119 e. The molecule has 0 bridgehead atoms. The fourth-order valence-corrected chi connectivity index (χ4v) is 3.56. The molecular formula is C24H30O2. The number of allylic oxidation sites excluding steroid dienone is 2. The van der Waals surface area contributed by atoms with Crippen molar-refractivity contribution in [1.29, 1.82) is 0 Å². The maximum Gasteiger partial charge on any atom is 0.119 e. The molecule has 2 N–H and O–H groups in total. The molecule has 2 heteroatoms. The van der Waals surface area contributed by atoms with Gasteiger partial charge in [-0.3, -0.25) is 0 Å². The van der Waals surface area contributed by atoms with Gasteiger partial charge in [0, 0.05) is 0 Å². The van der Waals surface area contributed by atoms with E-state index in [0.717, 1.165) is 17.5 Å². The third-order valence-electron chi connectivity index (χ3n) is 5.08. The average molecular weight is 351 g/mol. The zero-order chi connectivity index (χ0) is 19.3. The predicted octanol–water partition coefficient (Wildman–Crippen LogP) is 6.03. The molecule has 0 heterocycles. The molecule has 2 aromatic carbocycles. The largest absolute Gasteiger partial charge is 0.508 e. The van der Waals surface area contributed by atoms with Crippen LogP contribution in [0.2, 0.25) is 0 Å². The van der Waals surface area contributed by atoms with Gasteiger partial charge in [-0.15, -0.1) is 13.2 Å². The van der Waals surface area contributed by atoms with E-state index in [-0.39, 0.29) is 5.41 Å². The lowest BCUT2D eigenvalue weighted by atomic mass is 9.75. The van der Waals surface area contributed by atoms with E-state index in [0.29, 0.717) is 30.3 Å². The van der Waals surface area contributed by atoms with E-state index in [4.69, 9.17) is 0 Å². The van der Waals surface area contributed by atoms with Crippen LogP contribution in [-0.2, 0) is 18.3 Å². The first-order valence-electron chi connectivity index (χ1n) is 9.14. The lowest BCUT2D eigenvalue weighted by Crippen LogP contribution is -2.20. The fraction of sp³-hybridized carbons (Fsp3) is 0.333. The highest BCUT2D eigenvalue weighted by molar-refractivity contribution is 5.41. The van der Waals surface area contributed by atoms with Crippen LogP contribution in [0.1, 0.15) is 55.4 Å². The van der Waals surface area contributed by atoms with E-state index in [9.17, 15) is 10.2 Å². The van der Waals surface area contributed by atoms with Gasteiger partial charge in [-0.2, -0.15) is 0 Å². The molecule has 0 radical (unpaired) electrons. The highest BCUT2D eigenvalue weighted by atomic mass is 16.3. The van der Waals surface area contributed by atoms with Crippen LogP contribution in [0.15, 0.2) is 61.7 Å². The molecule has 0 amide bonds. The van der Waals surface area contributed by atoms with Crippen LogP contribution in [0.5, 0.6) is 11.5 Å². The molecule has 26 heavy (non-hydrogen) atoms. The first-order valence-corrected chi connectivity index (χ1v) is 9.14. The maximum atomic E-state index is 10.0. The number of hydrogen-bond acceptors (Lipinski definition) is 2. The standard InChI is InChI=1S/C24H30O2/c1-6-8-19-14-18(10-12-22(19)25)17(3)16-24(4,5)21-11-13-23(26)20(15-21)9-7-2/h6-7,10-15,17,25-26H,1-2,8-9,16H2,3-5H3. The molecule has 0 saturated carbocycles. The normalized spacial score (nSPS) is 12.6. The first kappa shape index (κ1) is 19.8. The highest BCUT2D eigenvalue weighted by Gasteiger charge is 2.25. The zero-order valence-electron chi connectivity index (χ0n) is 16.1. The van der Waals surface area contributed by atoms with Gasteiger partial charge >= 0.3 is 0 Å². The van der Waals surface area contributed by atoms with Crippen molar-refractivity contribution in [3.8, 4) is 11.5 Å². The summed E-state index contributed by atoms with van der Waals surface area (Å²) >= 11 is 0. The van der Waals surface area contributed by atoms with Gasteiger partial charge in [-0.1, -0.05) is 57.2 Å². The molecule has 0 aliphatic carbocycles. The average Bonchev–Trinajstić information content (AvgIpc) is 2.58. The highest BCUT2D eigenvalue weighted by Crippen LogP contribution is 2.37. The monoisotopic (exact) mass is 350 g/mol. The number of aromatic hydroxyl groups is 2. The quantitative estimate of drug-likeness (QED) is 0.571. The minimum atomic E-state index is -0.0421. The van der Waals surface area contributed by atoms with Gasteiger partial charge in [-0.05, 0) is 65.0 Å². The molecule has 0 aromatic heterocycles. The molecule has 0 saturated heterocycles. The molecular weight excluding hydrogens is 320 g/mol. The molecule has 0 spiro atoms. The van der Waals surface area contributed by atoms with E-state index < -0.39 is 0 Å². The maximum absolute atomic E-state index is 10.0. The predicted molar refractivity (Wildman–Crippen MR) is 110 cm³/mol. The third kappa shape index (κ3) is 4.57. The summed E-state index contributed by atoms with van der Waals surface area (Å²) in [6.07, 6.45) is 5.91. The van der Waals surface area contributed by atoms with Crippen molar-refractivity contribution in [3.05, 3.63) is 84.0 Å². The van der Waals surface area contributed by atoms with E-state index in [1.807, 2.05) is 24.3 Å². The van der Waals surface area contributed by atoms with Crippen molar-refractivity contribution in [2.75, 3.05) is 0 Å². The van der Waals surface area contributed by atoms with Crippen LogP contribution in [0.3, 0.4) is 0 Å². The van der Waals surface area contributed by atoms with E-state index >= 15 is 0 Å². The molecule has 0 aliphatic heterocycles. The summed E-state index contributed by atoms with van der Waals surface area (Å²) in [6, 6.07) is 11.7. The Morgan fingerprint density at radius 1 is 0.923 bits per heavy atom. The topological polar surface area (TPSA) is 40.5 Å². The molecule has 2 nitrogen and oxygen atoms in total. The zero-order valence-corrected chi connectivity index (χ0v) is 16.1. The van der Waals surface area contributed by atoms with Gasteiger partial charge in [-0.25, -0.2) is 0 Å². The Balaban J connectivity index is 2.25. The second-order valence-corrected chi connectivity index (χ2v) is 7.71. The number of benzene rings is 2. The van der Waals surface area contributed by atoms with Gasteiger partial charge in [0.25, 0.3) is 0 Å². The number of phenols is 2. The summed E-state index contributed by atoms with van der Waals surface area (Å²) in [5.74, 6) is 0.989. The number of phenolic OH excluding ortho intramolecular Hbond substituents is 2. The number of rotatable bonds is 8. The Morgan fingerprint density at radius 3 is 2.04 bits per heavy atom. The summed E-state index contributed by atoms with van der Waals surface area (Å²) in [7, 11) is 0. The second-order valence-electron chi connectivity index (χ2n) is 7.71. The van der Waals surface area contributed by atoms with Crippen molar-refractivity contribution in [2.24, 2.45) is 0 Å². The molecule has 1 unspecified atom stereocenters. The van der Waals surface area contributed by atoms with E-state index in [1.54, 1.807) is 12.1 Å². The summed E-state index contributed by atoms with van der Waals surface area (Å²) in [6.45, 7) is 14.2. The van der Waals surface area contributed by atoms with Crippen LogP contribution >= 0.6 is 0 Å². The van der Waals surface area contributed by atoms with E-state index in [2.05, 4.69) is 46.1 Å². The van der Waals surface area contributed by atoms with Crippen LogP contribution in [0.25, 0.3) is 0 Å². The van der Waals surface area contributed by atoms with Gasteiger partial charge in [0.1, 0.15) is 11.5 Å². The summed E-state index contributed by atoms with van der Waals surface area (Å²) in [4.78, 5) is 0. The van der Waals surface area contributed by atoms with Gasteiger partial charge in [0.15, 0.2) is 0 Å². The van der Waals surface area contributed by atoms with Crippen molar-refractivity contribution < 1.29 is 10.2 Å². The van der Waals surface area contributed by atoms with Crippen LogP contribution < -0.4 is 0 Å². The Hall–Kier alpha value is -2.48. The Kier molecular flexibility index (Phi) is 6.31. The minimum absolute atomic E-state index is 0.0421. The Labute approximate surface area is 157 Å². The lowest BCUT2D eigenvalue weighted by Gasteiger charge is -2.30. The number of hydrogen-bond donors (Lipinski definition) is 2. The van der Waals surface area contributed by atoms with E-state index in [1.165, 1.54) is 11.1 Å². The molecule has 0 fully saturated rings. The van der Waals surface area contributed by atoms with Crippen LogP contribution in [0.4, 0.5) is 0 Å². The lowest BCUT2D eigenvalue weighted by molar-refractivity contribution is 0.434. The minimum Gasteiger partial charge on any atom is -0.508 e. The summed E-state index contributed by atoms with van der Waals surface area (Å²) < 4.78 is 0. The molecule has 2 aromatic rings. The molecule has 138 valence electrons. The van der Waals surface area contributed by atoms with Gasteiger partial charge in [0.05, 0.1) is 0 Å². The molecule has 1 atom stereocenters. The fourth-order valence-electron chi connectivity index (χ4n) is 3.56. The molecule has 0 aliphatic rings. The van der Waals surface area contributed by atoms with Crippen molar-refractivity contribution in [3.63, 3.8) is 0 Å².